The predicted octanol–water partition coefficient (Wildman–Crippen LogP) is 3.77. The molecule has 0 aliphatic carbocycles. The molecule has 20 heavy (non-hydrogen) atoms. The van der Waals surface area contributed by atoms with Gasteiger partial charge in [0.05, 0.1) is 26.3 Å². The highest BCUT2D eigenvalue weighted by Gasteiger charge is 2.17. The predicted molar refractivity (Wildman–Crippen MR) is 80.7 cm³/mol. The molecule has 0 aliphatic rings. The Kier molecular flexibility index (Phi) is 5.15. The van der Waals surface area contributed by atoms with Crippen LogP contribution in [0.15, 0.2) is 34.1 Å². The van der Waals surface area contributed by atoms with Crippen molar-refractivity contribution in [1.29, 1.82) is 0 Å². The first kappa shape index (κ1) is 15.4. The average molecular weight is 379 g/mol. The van der Waals surface area contributed by atoms with Gasteiger partial charge in [0.25, 0.3) is 5.91 Å². The second kappa shape index (κ2) is 6.67. The number of rotatable bonds is 4. The molecule has 7 heteroatoms. The van der Waals surface area contributed by atoms with Gasteiger partial charge in [0, 0.05) is 0 Å². The van der Waals surface area contributed by atoms with Crippen LogP contribution in [0.4, 0.5) is 4.39 Å². The van der Waals surface area contributed by atoms with Crippen LogP contribution in [-0.2, 0) is 0 Å². The van der Waals surface area contributed by atoms with E-state index in [0.29, 0.717) is 10.4 Å². The van der Waals surface area contributed by atoms with E-state index in [0.717, 1.165) is 3.79 Å². The number of carbonyl (C=O) groups excluding carboxylic acids is 1. The summed E-state index contributed by atoms with van der Waals surface area (Å²) in [6.07, 6.45) is 0. The summed E-state index contributed by atoms with van der Waals surface area (Å²) in [7, 11) is 0. The first-order valence-electron chi connectivity index (χ1n) is 5.63. The largest absolute Gasteiger partial charge is 0.394 e. The van der Waals surface area contributed by atoms with E-state index in [1.165, 1.54) is 23.5 Å². The Bertz CT molecular complexity index is 635. The normalized spacial score (nSPS) is 12.2. The Morgan fingerprint density at radius 1 is 1.45 bits per heavy atom. The maximum Gasteiger partial charge on any atom is 0.261 e. The number of nitrogens with one attached hydrogen (secondary N) is 1. The maximum atomic E-state index is 13.4. The van der Waals surface area contributed by atoms with Crippen LogP contribution in [-0.4, -0.2) is 17.6 Å². The molecule has 1 amide bonds. The Labute approximate surface area is 132 Å². The molecule has 0 saturated heterocycles. The van der Waals surface area contributed by atoms with E-state index < -0.39 is 11.9 Å². The number of benzene rings is 1. The Morgan fingerprint density at radius 3 is 2.75 bits per heavy atom. The van der Waals surface area contributed by atoms with Gasteiger partial charge in [0.1, 0.15) is 5.82 Å². The average Bonchev–Trinajstić information content (AvgIpc) is 2.86. The Balaban J connectivity index is 2.16. The lowest BCUT2D eigenvalue weighted by Crippen LogP contribution is -2.30. The Hall–Kier alpha value is -0.950. The lowest BCUT2D eigenvalue weighted by Gasteiger charge is -2.16. The summed E-state index contributed by atoms with van der Waals surface area (Å²) in [6.45, 7) is -0.334. The van der Waals surface area contributed by atoms with Gasteiger partial charge in [-0.2, -0.15) is 0 Å². The molecule has 0 radical (unpaired) electrons. The molecule has 2 N–H and O–H groups in total. The number of halogens is 3. The summed E-state index contributed by atoms with van der Waals surface area (Å²) in [4.78, 5) is 12.5. The quantitative estimate of drug-likeness (QED) is 0.851. The van der Waals surface area contributed by atoms with Gasteiger partial charge >= 0.3 is 0 Å². The van der Waals surface area contributed by atoms with Crippen LogP contribution in [0.25, 0.3) is 0 Å². The molecule has 0 aliphatic heterocycles. The van der Waals surface area contributed by atoms with Gasteiger partial charge in [-0.15, -0.1) is 11.3 Å². The summed E-state index contributed by atoms with van der Waals surface area (Å²) in [5.74, 6) is -0.911. The van der Waals surface area contributed by atoms with Gasteiger partial charge in [-0.3, -0.25) is 4.79 Å². The van der Waals surface area contributed by atoms with Crippen molar-refractivity contribution in [2.24, 2.45) is 0 Å². The minimum atomic E-state index is -0.685. The first-order valence-corrected chi connectivity index (χ1v) is 7.62. The topological polar surface area (TPSA) is 49.3 Å². The van der Waals surface area contributed by atoms with Gasteiger partial charge < -0.3 is 10.4 Å². The van der Waals surface area contributed by atoms with E-state index in [1.54, 1.807) is 18.2 Å². The van der Waals surface area contributed by atoms with Gasteiger partial charge in [-0.25, -0.2) is 4.39 Å². The highest BCUT2D eigenvalue weighted by atomic mass is 79.9. The molecule has 2 rings (SSSR count). The molecule has 2 aromatic rings. The van der Waals surface area contributed by atoms with Crippen LogP contribution < -0.4 is 5.32 Å². The van der Waals surface area contributed by atoms with Crippen molar-refractivity contribution in [3.05, 3.63) is 55.4 Å². The lowest BCUT2D eigenvalue weighted by atomic mass is 10.1. The summed E-state index contributed by atoms with van der Waals surface area (Å²) in [5, 5.41) is 12.0. The second-order valence-corrected chi connectivity index (χ2v) is 6.86. The number of aliphatic hydroxyl groups excluding tert-OH is 1. The molecule has 0 unspecified atom stereocenters. The molecule has 0 spiro atoms. The van der Waals surface area contributed by atoms with Crippen molar-refractivity contribution in [2.45, 2.75) is 6.04 Å². The van der Waals surface area contributed by atoms with E-state index in [4.69, 9.17) is 11.6 Å². The van der Waals surface area contributed by atoms with Crippen LogP contribution in [0.1, 0.15) is 21.3 Å². The van der Waals surface area contributed by atoms with Crippen molar-refractivity contribution < 1.29 is 14.3 Å². The van der Waals surface area contributed by atoms with Crippen molar-refractivity contribution >= 4 is 44.8 Å². The standard InChI is InChI=1S/C13H10BrClFNO2S/c14-12-4-3-11(20-12)13(19)17-10(6-18)7-1-2-8(15)9(16)5-7/h1-5,10,18H,6H2,(H,17,19)/t10-/m1/s1. The van der Waals surface area contributed by atoms with E-state index in [9.17, 15) is 14.3 Å². The van der Waals surface area contributed by atoms with E-state index in [-0.39, 0.29) is 17.5 Å². The molecular formula is C13H10BrClFNO2S. The number of aliphatic hydroxyl groups is 1. The molecule has 1 heterocycles. The molecule has 106 valence electrons. The molecular weight excluding hydrogens is 369 g/mol. The highest BCUT2D eigenvalue weighted by Crippen LogP contribution is 2.24. The zero-order valence-electron chi connectivity index (χ0n) is 10.1. The minimum absolute atomic E-state index is 0.000969. The van der Waals surface area contributed by atoms with Gasteiger partial charge in [0.15, 0.2) is 0 Å². The van der Waals surface area contributed by atoms with Gasteiger partial charge in [0.2, 0.25) is 0 Å². The minimum Gasteiger partial charge on any atom is -0.394 e. The maximum absolute atomic E-state index is 13.4. The number of carbonyl (C=O) groups is 1. The zero-order chi connectivity index (χ0) is 14.7. The number of amides is 1. The van der Waals surface area contributed by atoms with E-state index in [2.05, 4.69) is 21.2 Å². The highest BCUT2D eigenvalue weighted by molar-refractivity contribution is 9.11. The summed E-state index contributed by atoms with van der Waals surface area (Å²) >= 11 is 10.2. The van der Waals surface area contributed by atoms with Gasteiger partial charge in [-0.05, 0) is 45.8 Å². The molecule has 1 atom stereocenters. The summed E-state index contributed by atoms with van der Waals surface area (Å²) in [5.41, 5.74) is 0.457. The molecule has 1 aromatic heterocycles. The fourth-order valence-electron chi connectivity index (χ4n) is 1.63. The third kappa shape index (κ3) is 3.58. The van der Waals surface area contributed by atoms with E-state index >= 15 is 0 Å². The van der Waals surface area contributed by atoms with Crippen LogP contribution >= 0.6 is 38.9 Å². The third-order valence-corrected chi connectivity index (χ3v) is 4.56. The third-order valence-electron chi connectivity index (χ3n) is 2.63. The fourth-order valence-corrected chi connectivity index (χ4v) is 3.04. The molecule has 0 fully saturated rings. The van der Waals surface area contributed by atoms with Crippen molar-refractivity contribution in [3.8, 4) is 0 Å². The van der Waals surface area contributed by atoms with Crippen molar-refractivity contribution in [1.82, 2.24) is 5.32 Å². The van der Waals surface area contributed by atoms with Crippen LogP contribution in [0.5, 0.6) is 0 Å². The number of hydrogen-bond donors (Lipinski definition) is 2. The van der Waals surface area contributed by atoms with Gasteiger partial charge in [-0.1, -0.05) is 17.7 Å². The molecule has 0 bridgehead atoms. The number of hydrogen-bond acceptors (Lipinski definition) is 3. The van der Waals surface area contributed by atoms with E-state index in [1.807, 2.05) is 0 Å². The zero-order valence-corrected chi connectivity index (χ0v) is 13.2. The Morgan fingerprint density at radius 2 is 2.20 bits per heavy atom. The monoisotopic (exact) mass is 377 g/mol. The van der Waals surface area contributed by atoms with Crippen LogP contribution in [0, 0.1) is 5.82 Å². The molecule has 3 nitrogen and oxygen atoms in total. The fraction of sp³-hybridized carbons (Fsp3) is 0.154. The van der Waals surface area contributed by atoms with Crippen LogP contribution in [0.2, 0.25) is 5.02 Å². The first-order chi connectivity index (χ1) is 9.51. The van der Waals surface area contributed by atoms with Crippen molar-refractivity contribution in [3.63, 3.8) is 0 Å². The van der Waals surface area contributed by atoms with Crippen molar-refractivity contribution in [2.75, 3.05) is 6.61 Å². The SMILES string of the molecule is O=C(N[C@H](CO)c1ccc(Cl)c(F)c1)c1ccc(Br)s1. The smallest absolute Gasteiger partial charge is 0.261 e. The second-order valence-electron chi connectivity index (χ2n) is 3.99. The summed E-state index contributed by atoms with van der Waals surface area (Å²) < 4.78 is 14.2. The molecule has 1 aromatic carbocycles. The van der Waals surface area contributed by atoms with Crippen LogP contribution in [0.3, 0.4) is 0 Å². The number of thiophene rings is 1. The molecule has 0 saturated carbocycles. The lowest BCUT2D eigenvalue weighted by molar-refractivity contribution is 0.0920. The summed E-state index contributed by atoms with van der Waals surface area (Å²) in [6, 6.07) is 6.90.